The first kappa shape index (κ1) is 15.6. The number of hydrogen-bond acceptors (Lipinski definition) is 5. The smallest absolute Gasteiger partial charge is 0.307 e. The Hall–Kier alpha value is -2.25. The van der Waals surface area contributed by atoms with Gasteiger partial charge in [-0.15, -0.1) is 11.3 Å². The molecule has 0 radical (unpaired) electrons. The Morgan fingerprint density at radius 2 is 2.04 bits per heavy atom. The molecule has 0 aliphatic rings. The van der Waals surface area contributed by atoms with Crippen LogP contribution in [0.2, 0.25) is 0 Å². The number of aryl methyl sites for hydroxylation is 1. The Morgan fingerprint density at radius 3 is 2.65 bits per heavy atom. The summed E-state index contributed by atoms with van der Waals surface area (Å²) in [6.07, 6.45) is 2.04. The van der Waals surface area contributed by atoms with Crippen molar-refractivity contribution in [3.05, 3.63) is 56.6 Å². The average Bonchev–Trinajstić information content (AvgIpc) is 3.17. The number of carbonyl (C=O) groups excluding carboxylic acids is 1. The van der Waals surface area contributed by atoms with Gasteiger partial charge >= 0.3 is 4.87 Å². The molecule has 23 heavy (non-hydrogen) atoms. The highest BCUT2D eigenvalue weighted by Crippen LogP contribution is 2.23. The van der Waals surface area contributed by atoms with Gasteiger partial charge in [-0.1, -0.05) is 11.3 Å². The van der Waals surface area contributed by atoms with E-state index >= 15 is 0 Å². The molecule has 0 unspecified atom stereocenters. The highest BCUT2D eigenvalue weighted by atomic mass is 32.1. The van der Waals surface area contributed by atoms with E-state index in [0.29, 0.717) is 6.54 Å². The molecule has 0 fully saturated rings. The second-order valence-electron chi connectivity index (χ2n) is 5.01. The first-order valence-electron chi connectivity index (χ1n) is 7.08. The molecule has 3 rings (SSSR count). The van der Waals surface area contributed by atoms with Gasteiger partial charge in [0, 0.05) is 46.9 Å². The molecule has 0 bridgehead atoms. The maximum absolute atomic E-state index is 12.0. The van der Waals surface area contributed by atoms with Crippen LogP contribution in [-0.4, -0.2) is 15.5 Å². The molecule has 7 heteroatoms. The minimum absolute atomic E-state index is 0.0249. The Bertz CT molecular complexity index is 848. The monoisotopic (exact) mass is 345 g/mol. The van der Waals surface area contributed by atoms with Crippen LogP contribution in [0.25, 0.3) is 10.6 Å². The van der Waals surface area contributed by atoms with Gasteiger partial charge in [-0.2, -0.15) is 0 Å². The molecule has 2 heterocycles. The summed E-state index contributed by atoms with van der Waals surface area (Å²) >= 11 is 2.73. The molecule has 118 valence electrons. The number of aromatic nitrogens is 2. The van der Waals surface area contributed by atoms with Crippen LogP contribution in [0.1, 0.15) is 12.1 Å². The van der Waals surface area contributed by atoms with Gasteiger partial charge in [0.15, 0.2) is 0 Å². The number of anilines is 1. The van der Waals surface area contributed by atoms with Gasteiger partial charge < -0.3 is 9.88 Å². The van der Waals surface area contributed by atoms with Crippen LogP contribution in [0.15, 0.2) is 46.0 Å². The molecule has 0 saturated carbocycles. The fourth-order valence-corrected chi connectivity index (χ4v) is 3.58. The average molecular weight is 345 g/mol. The fourth-order valence-electron chi connectivity index (χ4n) is 2.17. The fraction of sp³-hybridized carbons (Fsp3) is 0.188. The van der Waals surface area contributed by atoms with E-state index in [1.165, 1.54) is 0 Å². The summed E-state index contributed by atoms with van der Waals surface area (Å²) in [5.41, 5.74) is 2.66. The molecule has 1 amide bonds. The van der Waals surface area contributed by atoms with E-state index < -0.39 is 0 Å². The van der Waals surface area contributed by atoms with Gasteiger partial charge in [0.1, 0.15) is 5.01 Å². The zero-order valence-corrected chi connectivity index (χ0v) is 14.1. The molecular weight excluding hydrogens is 330 g/mol. The summed E-state index contributed by atoms with van der Waals surface area (Å²) in [6.45, 7) is 2.27. The third-order valence-corrected chi connectivity index (χ3v) is 5.09. The lowest BCUT2D eigenvalue weighted by atomic mass is 10.2. The van der Waals surface area contributed by atoms with Gasteiger partial charge in [-0.3, -0.25) is 9.59 Å². The highest BCUT2D eigenvalue weighted by Gasteiger charge is 2.07. The topological polar surface area (TPSA) is 64.0 Å². The lowest BCUT2D eigenvalue weighted by Crippen LogP contribution is -2.20. The van der Waals surface area contributed by atoms with Crippen molar-refractivity contribution in [3.63, 3.8) is 0 Å². The number of amides is 1. The second-order valence-corrected chi connectivity index (χ2v) is 6.72. The number of carbonyl (C=O) groups is 1. The number of rotatable bonds is 5. The van der Waals surface area contributed by atoms with Crippen molar-refractivity contribution >= 4 is 34.3 Å². The molecule has 1 N–H and O–H groups in total. The van der Waals surface area contributed by atoms with Crippen LogP contribution in [0.4, 0.5) is 5.69 Å². The minimum Gasteiger partial charge on any atom is -0.326 e. The number of nitrogens with one attached hydrogen (secondary N) is 1. The number of benzene rings is 1. The van der Waals surface area contributed by atoms with Crippen molar-refractivity contribution in [2.45, 2.75) is 19.9 Å². The number of thiazole rings is 2. The third kappa shape index (κ3) is 3.75. The van der Waals surface area contributed by atoms with Crippen molar-refractivity contribution in [2.24, 2.45) is 0 Å². The number of nitrogens with zero attached hydrogens (tertiary/aromatic N) is 2. The minimum atomic E-state index is -0.107. The first-order chi connectivity index (χ1) is 11.1. The molecule has 1 aromatic carbocycles. The van der Waals surface area contributed by atoms with E-state index in [9.17, 15) is 9.59 Å². The SMILES string of the molecule is Cc1csc(=O)n1CCC(=O)Nc1ccc(-c2nccs2)cc1. The maximum Gasteiger partial charge on any atom is 0.307 e. The zero-order chi connectivity index (χ0) is 16.2. The molecule has 5 nitrogen and oxygen atoms in total. The summed E-state index contributed by atoms with van der Waals surface area (Å²) in [5, 5.41) is 7.53. The molecule has 2 aromatic heterocycles. The van der Waals surface area contributed by atoms with Crippen molar-refractivity contribution in [2.75, 3.05) is 5.32 Å². The van der Waals surface area contributed by atoms with E-state index in [0.717, 1.165) is 33.3 Å². The van der Waals surface area contributed by atoms with Crippen molar-refractivity contribution in [1.29, 1.82) is 0 Å². The third-order valence-electron chi connectivity index (χ3n) is 3.39. The van der Waals surface area contributed by atoms with Crippen LogP contribution in [0.3, 0.4) is 0 Å². The Labute approximate surface area is 141 Å². The quantitative estimate of drug-likeness (QED) is 0.771. The maximum atomic E-state index is 12.0. The van der Waals surface area contributed by atoms with Crippen molar-refractivity contribution in [3.8, 4) is 10.6 Å². The van der Waals surface area contributed by atoms with Crippen LogP contribution in [-0.2, 0) is 11.3 Å². The predicted molar refractivity (Wildman–Crippen MR) is 94.1 cm³/mol. The lowest BCUT2D eigenvalue weighted by molar-refractivity contribution is -0.116. The molecule has 0 spiro atoms. The molecule has 0 saturated heterocycles. The summed E-state index contributed by atoms with van der Waals surface area (Å²) in [6, 6.07) is 7.58. The second kappa shape index (κ2) is 6.89. The molecule has 0 aliphatic heterocycles. The van der Waals surface area contributed by atoms with E-state index in [1.807, 2.05) is 36.6 Å². The van der Waals surface area contributed by atoms with Crippen LogP contribution in [0.5, 0.6) is 0 Å². The summed E-state index contributed by atoms with van der Waals surface area (Å²) < 4.78 is 1.62. The van der Waals surface area contributed by atoms with Gasteiger partial charge in [0.2, 0.25) is 5.91 Å². The van der Waals surface area contributed by atoms with Gasteiger partial charge in [0.25, 0.3) is 0 Å². The predicted octanol–water partition coefficient (Wildman–Crippen LogP) is 3.37. The van der Waals surface area contributed by atoms with Gasteiger partial charge in [-0.25, -0.2) is 4.98 Å². The van der Waals surface area contributed by atoms with Crippen LogP contribution >= 0.6 is 22.7 Å². The standard InChI is InChI=1S/C16H15N3O2S2/c1-11-10-23-16(21)19(11)8-6-14(20)18-13-4-2-12(3-5-13)15-17-7-9-22-15/h2-5,7,9-10H,6,8H2,1H3,(H,18,20). The van der Waals surface area contributed by atoms with Gasteiger partial charge in [0.05, 0.1) is 0 Å². The lowest BCUT2D eigenvalue weighted by Gasteiger charge is -2.07. The molecule has 0 aliphatic carbocycles. The van der Waals surface area contributed by atoms with E-state index in [4.69, 9.17) is 0 Å². The summed E-state index contributed by atoms with van der Waals surface area (Å²) in [4.78, 5) is 27.8. The largest absolute Gasteiger partial charge is 0.326 e. The Kier molecular flexibility index (Phi) is 4.68. The summed E-state index contributed by atoms with van der Waals surface area (Å²) in [7, 11) is 0. The highest BCUT2D eigenvalue weighted by molar-refractivity contribution is 7.13. The van der Waals surface area contributed by atoms with E-state index in [-0.39, 0.29) is 17.2 Å². The zero-order valence-electron chi connectivity index (χ0n) is 12.5. The Morgan fingerprint density at radius 1 is 1.26 bits per heavy atom. The van der Waals surface area contributed by atoms with E-state index in [1.54, 1.807) is 27.5 Å². The first-order valence-corrected chi connectivity index (χ1v) is 8.84. The van der Waals surface area contributed by atoms with Crippen molar-refractivity contribution in [1.82, 2.24) is 9.55 Å². The number of hydrogen-bond donors (Lipinski definition) is 1. The van der Waals surface area contributed by atoms with E-state index in [2.05, 4.69) is 10.3 Å². The van der Waals surface area contributed by atoms with Gasteiger partial charge in [-0.05, 0) is 31.2 Å². The van der Waals surface area contributed by atoms with Crippen LogP contribution in [0, 0.1) is 6.92 Å². The normalized spacial score (nSPS) is 10.7. The molecular formula is C16H15N3O2S2. The summed E-state index contributed by atoms with van der Waals surface area (Å²) in [5.74, 6) is -0.107. The molecule has 0 atom stereocenters. The molecule has 3 aromatic rings. The van der Waals surface area contributed by atoms with Crippen LogP contribution < -0.4 is 10.2 Å². The Balaban J connectivity index is 1.59. The van der Waals surface area contributed by atoms with Crippen molar-refractivity contribution < 1.29 is 4.79 Å².